The highest BCUT2D eigenvalue weighted by atomic mass is 16.1. The van der Waals surface area contributed by atoms with Crippen LogP contribution >= 0.6 is 0 Å². The summed E-state index contributed by atoms with van der Waals surface area (Å²) in [6, 6.07) is 0. The first-order valence-electron chi connectivity index (χ1n) is 4.52. The third kappa shape index (κ3) is 3.04. The smallest absolute Gasteiger partial charge is 0.133 e. The predicted octanol–water partition coefficient (Wildman–Crippen LogP) is 2.88. The van der Waals surface area contributed by atoms with Crippen molar-refractivity contribution in [3.8, 4) is 0 Å². The topological polar surface area (TPSA) is 17.1 Å². The standard InChI is InChI=1S/C11H16O/c1-9(2)4-3-5-10-6-7-11(12)8-10/h3-4,10H,1,5-8H2,2H3/b4-3+. The van der Waals surface area contributed by atoms with Crippen molar-refractivity contribution in [3.05, 3.63) is 24.3 Å². The van der Waals surface area contributed by atoms with E-state index in [0.717, 1.165) is 31.3 Å². The van der Waals surface area contributed by atoms with Gasteiger partial charge in [0, 0.05) is 12.8 Å². The van der Waals surface area contributed by atoms with Crippen LogP contribution in [0.25, 0.3) is 0 Å². The molecule has 0 bridgehead atoms. The van der Waals surface area contributed by atoms with Crippen LogP contribution < -0.4 is 0 Å². The molecule has 1 saturated carbocycles. The number of hydrogen-bond acceptors (Lipinski definition) is 1. The molecule has 0 aromatic heterocycles. The van der Waals surface area contributed by atoms with Gasteiger partial charge in [-0.2, -0.15) is 0 Å². The summed E-state index contributed by atoms with van der Waals surface area (Å²) < 4.78 is 0. The highest BCUT2D eigenvalue weighted by Crippen LogP contribution is 2.25. The second-order valence-corrected chi connectivity index (χ2v) is 3.63. The molecule has 0 N–H and O–H groups in total. The maximum atomic E-state index is 10.9. The minimum absolute atomic E-state index is 0.434. The number of carbonyl (C=O) groups excluding carboxylic acids is 1. The summed E-state index contributed by atoms with van der Waals surface area (Å²) in [6.45, 7) is 5.76. The van der Waals surface area contributed by atoms with E-state index in [2.05, 4.69) is 12.7 Å². The van der Waals surface area contributed by atoms with Gasteiger partial charge in [-0.1, -0.05) is 24.3 Å². The third-order valence-electron chi connectivity index (χ3n) is 2.22. The lowest BCUT2D eigenvalue weighted by molar-refractivity contribution is -0.117. The average molecular weight is 164 g/mol. The molecule has 0 radical (unpaired) electrons. The molecule has 0 aromatic rings. The molecule has 0 amide bonds. The molecule has 0 aliphatic heterocycles. The van der Waals surface area contributed by atoms with Gasteiger partial charge >= 0.3 is 0 Å². The summed E-state index contributed by atoms with van der Waals surface area (Å²) in [5, 5.41) is 0. The zero-order chi connectivity index (χ0) is 8.97. The van der Waals surface area contributed by atoms with E-state index in [1.807, 2.05) is 13.0 Å². The summed E-state index contributed by atoms with van der Waals surface area (Å²) in [7, 11) is 0. The molecule has 1 fully saturated rings. The van der Waals surface area contributed by atoms with E-state index in [-0.39, 0.29) is 0 Å². The molecule has 0 spiro atoms. The Morgan fingerprint density at radius 2 is 2.50 bits per heavy atom. The van der Waals surface area contributed by atoms with E-state index < -0.39 is 0 Å². The fourth-order valence-corrected chi connectivity index (χ4v) is 1.55. The number of allylic oxidation sites excluding steroid dienone is 3. The van der Waals surface area contributed by atoms with Crippen molar-refractivity contribution < 1.29 is 4.79 Å². The van der Waals surface area contributed by atoms with Gasteiger partial charge in [0.15, 0.2) is 0 Å². The molecule has 1 heteroatoms. The van der Waals surface area contributed by atoms with Crippen LogP contribution in [0.1, 0.15) is 32.6 Å². The lowest BCUT2D eigenvalue weighted by Crippen LogP contribution is -1.92. The molecular weight excluding hydrogens is 148 g/mol. The van der Waals surface area contributed by atoms with Crippen molar-refractivity contribution in [1.82, 2.24) is 0 Å². The quantitative estimate of drug-likeness (QED) is 0.586. The Labute approximate surface area is 74.2 Å². The maximum Gasteiger partial charge on any atom is 0.133 e. The maximum absolute atomic E-state index is 10.9. The van der Waals surface area contributed by atoms with E-state index in [1.165, 1.54) is 0 Å². The first-order valence-corrected chi connectivity index (χ1v) is 4.52. The number of rotatable bonds is 3. The second kappa shape index (κ2) is 4.24. The summed E-state index contributed by atoms with van der Waals surface area (Å²) in [5.74, 6) is 1.04. The predicted molar refractivity (Wildman–Crippen MR) is 50.9 cm³/mol. The Hall–Kier alpha value is -0.850. The first kappa shape index (κ1) is 9.24. The SMILES string of the molecule is C=C(C)/C=C/CC1CCC(=O)C1. The van der Waals surface area contributed by atoms with Gasteiger partial charge in [-0.15, -0.1) is 0 Å². The van der Waals surface area contributed by atoms with Gasteiger partial charge in [0.25, 0.3) is 0 Å². The van der Waals surface area contributed by atoms with Gasteiger partial charge in [0.1, 0.15) is 5.78 Å². The first-order chi connectivity index (χ1) is 5.68. The molecule has 12 heavy (non-hydrogen) atoms. The van der Waals surface area contributed by atoms with E-state index in [0.29, 0.717) is 11.7 Å². The van der Waals surface area contributed by atoms with Gasteiger partial charge in [0.2, 0.25) is 0 Å². The number of Topliss-reactive ketones (excluding diaryl/α,β-unsaturated/α-hetero) is 1. The van der Waals surface area contributed by atoms with Crippen molar-refractivity contribution in [3.63, 3.8) is 0 Å². The van der Waals surface area contributed by atoms with Crippen LogP contribution in [-0.2, 0) is 4.79 Å². The number of hydrogen-bond donors (Lipinski definition) is 0. The van der Waals surface area contributed by atoms with Gasteiger partial charge in [-0.25, -0.2) is 0 Å². The Kier molecular flexibility index (Phi) is 3.27. The Balaban J connectivity index is 2.24. The van der Waals surface area contributed by atoms with Crippen LogP contribution in [0.4, 0.5) is 0 Å². The second-order valence-electron chi connectivity index (χ2n) is 3.63. The van der Waals surface area contributed by atoms with Crippen molar-refractivity contribution in [2.45, 2.75) is 32.6 Å². The highest BCUT2D eigenvalue weighted by Gasteiger charge is 2.20. The van der Waals surface area contributed by atoms with Gasteiger partial charge in [-0.3, -0.25) is 4.79 Å². The molecule has 66 valence electrons. The van der Waals surface area contributed by atoms with Crippen molar-refractivity contribution in [2.75, 3.05) is 0 Å². The molecule has 1 atom stereocenters. The third-order valence-corrected chi connectivity index (χ3v) is 2.22. The van der Waals surface area contributed by atoms with Crippen molar-refractivity contribution >= 4 is 5.78 Å². The van der Waals surface area contributed by atoms with Crippen molar-refractivity contribution in [2.24, 2.45) is 5.92 Å². The summed E-state index contributed by atoms with van der Waals surface area (Å²) in [4.78, 5) is 10.9. The molecule has 1 aliphatic rings. The average Bonchev–Trinajstić information content (AvgIpc) is 2.35. The molecule has 1 nitrogen and oxygen atoms in total. The Morgan fingerprint density at radius 3 is 3.00 bits per heavy atom. The summed E-state index contributed by atoms with van der Waals surface area (Å²) >= 11 is 0. The van der Waals surface area contributed by atoms with Gasteiger partial charge < -0.3 is 0 Å². The summed E-state index contributed by atoms with van der Waals surface area (Å²) in [6.07, 6.45) is 7.87. The number of ketones is 1. The normalized spacial score (nSPS) is 23.8. The highest BCUT2D eigenvalue weighted by molar-refractivity contribution is 5.80. The largest absolute Gasteiger partial charge is 0.300 e. The van der Waals surface area contributed by atoms with Gasteiger partial charge in [-0.05, 0) is 25.7 Å². The fraction of sp³-hybridized carbons (Fsp3) is 0.545. The zero-order valence-electron chi connectivity index (χ0n) is 7.68. The molecule has 0 saturated heterocycles. The fourth-order valence-electron chi connectivity index (χ4n) is 1.55. The molecule has 1 rings (SSSR count). The lowest BCUT2D eigenvalue weighted by Gasteiger charge is -2.01. The lowest BCUT2D eigenvalue weighted by atomic mass is 10.0. The van der Waals surface area contributed by atoms with Crippen molar-refractivity contribution in [1.29, 1.82) is 0 Å². The monoisotopic (exact) mass is 164 g/mol. The molecule has 0 aromatic carbocycles. The zero-order valence-corrected chi connectivity index (χ0v) is 7.68. The minimum atomic E-state index is 0.434. The minimum Gasteiger partial charge on any atom is -0.300 e. The van der Waals surface area contributed by atoms with Crippen LogP contribution in [0, 0.1) is 5.92 Å². The van der Waals surface area contributed by atoms with E-state index in [1.54, 1.807) is 0 Å². The van der Waals surface area contributed by atoms with Crippen LogP contribution in [-0.4, -0.2) is 5.78 Å². The Bertz CT molecular complexity index is 213. The van der Waals surface area contributed by atoms with Gasteiger partial charge in [0.05, 0.1) is 0 Å². The molecule has 0 heterocycles. The van der Waals surface area contributed by atoms with E-state index in [9.17, 15) is 4.79 Å². The molecular formula is C11H16O. The molecule has 1 unspecified atom stereocenters. The number of carbonyl (C=O) groups is 1. The van der Waals surface area contributed by atoms with Crippen LogP contribution in [0.5, 0.6) is 0 Å². The Morgan fingerprint density at radius 1 is 1.75 bits per heavy atom. The van der Waals surface area contributed by atoms with Crippen LogP contribution in [0.15, 0.2) is 24.3 Å². The molecule has 1 aliphatic carbocycles. The van der Waals surface area contributed by atoms with E-state index in [4.69, 9.17) is 0 Å². The van der Waals surface area contributed by atoms with E-state index >= 15 is 0 Å². The van der Waals surface area contributed by atoms with Crippen LogP contribution in [0.2, 0.25) is 0 Å². The van der Waals surface area contributed by atoms with Crippen LogP contribution in [0.3, 0.4) is 0 Å². The summed E-state index contributed by atoms with van der Waals surface area (Å²) in [5.41, 5.74) is 1.08.